The summed E-state index contributed by atoms with van der Waals surface area (Å²) >= 11 is 5.99. The Hall–Kier alpha value is -2.09. The summed E-state index contributed by atoms with van der Waals surface area (Å²) in [6.45, 7) is -0.211. The molecular formula is C19H21ClN2O4S. The van der Waals surface area contributed by atoms with E-state index in [1.807, 2.05) is 0 Å². The van der Waals surface area contributed by atoms with Gasteiger partial charge >= 0.3 is 0 Å². The first-order valence-corrected chi connectivity index (χ1v) is 10.6. The van der Waals surface area contributed by atoms with Crippen LogP contribution in [0.5, 0.6) is 5.75 Å². The van der Waals surface area contributed by atoms with Gasteiger partial charge in [-0.25, -0.2) is 13.1 Å². The van der Waals surface area contributed by atoms with Gasteiger partial charge in [-0.15, -0.1) is 0 Å². The number of anilines is 1. The van der Waals surface area contributed by atoms with Gasteiger partial charge in [0.2, 0.25) is 10.0 Å². The number of amides is 1. The van der Waals surface area contributed by atoms with Crippen LogP contribution in [0.1, 0.15) is 25.7 Å². The van der Waals surface area contributed by atoms with Crippen molar-refractivity contribution in [2.75, 3.05) is 11.9 Å². The molecule has 0 aromatic heterocycles. The molecule has 1 aliphatic carbocycles. The highest BCUT2D eigenvalue weighted by Gasteiger charge is 2.22. The first-order valence-electron chi connectivity index (χ1n) is 8.73. The molecule has 27 heavy (non-hydrogen) atoms. The quantitative estimate of drug-likeness (QED) is 0.733. The van der Waals surface area contributed by atoms with E-state index in [2.05, 4.69) is 10.0 Å². The van der Waals surface area contributed by atoms with Crippen LogP contribution in [0.2, 0.25) is 5.02 Å². The molecule has 2 N–H and O–H groups in total. The van der Waals surface area contributed by atoms with Gasteiger partial charge in [0, 0.05) is 6.04 Å². The molecule has 0 unspecified atom stereocenters. The van der Waals surface area contributed by atoms with Gasteiger partial charge in [0.1, 0.15) is 5.75 Å². The standard InChI is InChI=1S/C19H21ClN2O4S/c20-17-7-3-4-8-18(17)21-19(23)13-26-15-9-11-16(12-10-15)27(24,25)22-14-5-1-2-6-14/h3-4,7-12,14,22H,1-2,5-6,13H2,(H,21,23). The zero-order chi connectivity index (χ0) is 19.3. The second-order valence-corrected chi connectivity index (χ2v) is 8.51. The predicted octanol–water partition coefficient (Wildman–Crippen LogP) is 3.58. The summed E-state index contributed by atoms with van der Waals surface area (Å²) in [7, 11) is -3.54. The summed E-state index contributed by atoms with van der Waals surface area (Å²) in [5.74, 6) is 0.0480. The maximum absolute atomic E-state index is 12.4. The zero-order valence-electron chi connectivity index (χ0n) is 14.7. The molecule has 0 bridgehead atoms. The van der Waals surface area contributed by atoms with Crippen molar-refractivity contribution in [1.29, 1.82) is 0 Å². The molecule has 0 radical (unpaired) electrons. The number of benzene rings is 2. The number of para-hydroxylation sites is 1. The Bertz CT molecular complexity index is 894. The lowest BCUT2D eigenvalue weighted by Gasteiger charge is -2.13. The SMILES string of the molecule is O=C(COc1ccc(S(=O)(=O)NC2CCCC2)cc1)Nc1ccccc1Cl. The molecule has 6 nitrogen and oxygen atoms in total. The third-order valence-corrected chi connectivity index (χ3v) is 6.19. The molecule has 8 heteroatoms. The van der Waals surface area contributed by atoms with E-state index in [0.717, 1.165) is 25.7 Å². The molecule has 1 amide bonds. The number of carbonyl (C=O) groups is 1. The van der Waals surface area contributed by atoms with E-state index >= 15 is 0 Å². The van der Waals surface area contributed by atoms with E-state index in [-0.39, 0.29) is 23.5 Å². The van der Waals surface area contributed by atoms with Gasteiger partial charge < -0.3 is 10.1 Å². The molecule has 2 aromatic carbocycles. The normalized spacial score (nSPS) is 14.9. The fourth-order valence-corrected chi connectivity index (χ4v) is 4.43. The number of ether oxygens (including phenoxy) is 1. The van der Waals surface area contributed by atoms with E-state index in [4.69, 9.17) is 16.3 Å². The monoisotopic (exact) mass is 408 g/mol. The Balaban J connectivity index is 1.54. The number of nitrogens with one attached hydrogen (secondary N) is 2. The van der Waals surface area contributed by atoms with Crippen molar-refractivity contribution >= 4 is 33.2 Å². The molecule has 1 aliphatic rings. The summed E-state index contributed by atoms with van der Waals surface area (Å²) < 4.78 is 32.9. The number of hydrogen-bond donors (Lipinski definition) is 2. The summed E-state index contributed by atoms with van der Waals surface area (Å²) in [5.41, 5.74) is 0.507. The van der Waals surface area contributed by atoms with Crippen molar-refractivity contribution in [2.24, 2.45) is 0 Å². The zero-order valence-corrected chi connectivity index (χ0v) is 16.2. The minimum atomic E-state index is -3.54. The van der Waals surface area contributed by atoms with Crippen LogP contribution in [0.4, 0.5) is 5.69 Å². The summed E-state index contributed by atoms with van der Waals surface area (Å²) in [6, 6.07) is 12.9. The van der Waals surface area contributed by atoms with Crippen molar-refractivity contribution in [3.05, 3.63) is 53.6 Å². The minimum Gasteiger partial charge on any atom is -0.484 e. The van der Waals surface area contributed by atoms with Crippen LogP contribution in [0.3, 0.4) is 0 Å². The van der Waals surface area contributed by atoms with Crippen LogP contribution in [0.15, 0.2) is 53.4 Å². The summed E-state index contributed by atoms with van der Waals surface area (Å²) in [5, 5.41) is 3.09. The molecule has 2 aromatic rings. The van der Waals surface area contributed by atoms with Crippen LogP contribution >= 0.6 is 11.6 Å². The fourth-order valence-electron chi connectivity index (χ4n) is 2.94. The number of hydrogen-bond acceptors (Lipinski definition) is 4. The van der Waals surface area contributed by atoms with Gasteiger partial charge in [0.05, 0.1) is 15.6 Å². The number of carbonyl (C=O) groups excluding carboxylic acids is 1. The van der Waals surface area contributed by atoms with Crippen molar-refractivity contribution < 1.29 is 17.9 Å². The third kappa shape index (κ3) is 5.45. The lowest BCUT2D eigenvalue weighted by atomic mass is 10.3. The van der Waals surface area contributed by atoms with E-state index in [9.17, 15) is 13.2 Å². The first kappa shape index (κ1) is 19.7. The van der Waals surface area contributed by atoms with Crippen molar-refractivity contribution in [1.82, 2.24) is 4.72 Å². The lowest BCUT2D eigenvalue weighted by Crippen LogP contribution is -2.32. The van der Waals surface area contributed by atoms with Gasteiger partial charge in [-0.2, -0.15) is 0 Å². The average Bonchev–Trinajstić information content (AvgIpc) is 3.14. The van der Waals surface area contributed by atoms with Crippen LogP contribution in [-0.4, -0.2) is 27.0 Å². The largest absolute Gasteiger partial charge is 0.484 e. The maximum atomic E-state index is 12.4. The average molecular weight is 409 g/mol. The number of rotatable bonds is 7. The van der Waals surface area contributed by atoms with E-state index < -0.39 is 10.0 Å². The van der Waals surface area contributed by atoms with Gasteiger partial charge in [-0.05, 0) is 49.2 Å². The highest BCUT2D eigenvalue weighted by molar-refractivity contribution is 7.89. The molecule has 0 aliphatic heterocycles. The van der Waals surface area contributed by atoms with Gasteiger partial charge in [0.15, 0.2) is 6.61 Å². The van der Waals surface area contributed by atoms with Crippen LogP contribution in [0, 0.1) is 0 Å². The summed E-state index contributed by atoms with van der Waals surface area (Å²) in [4.78, 5) is 12.1. The third-order valence-electron chi connectivity index (χ3n) is 4.33. The van der Waals surface area contributed by atoms with Gasteiger partial charge in [0.25, 0.3) is 5.91 Å². The molecule has 1 fully saturated rings. The van der Waals surface area contributed by atoms with Gasteiger partial charge in [-0.3, -0.25) is 4.79 Å². The number of halogens is 1. The number of sulfonamides is 1. The Morgan fingerprint density at radius 2 is 1.74 bits per heavy atom. The van der Waals surface area contributed by atoms with Crippen LogP contribution < -0.4 is 14.8 Å². The molecule has 0 spiro atoms. The second kappa shape index (κ2) is 8.73. The molecule has 144 valence electrons. The van der Waals surface area contributed by atoms with E-state index in [0.29, 0.717) is 16.5 Å². The second-order valence-electron chi connectivity index (χ2n) is 6.39. The maximum Gasteiger partial charge on any atom is 0.262 e. The Morgan fingerprint density at radius 3 is 2.41 bits per heavy atom. The molecule has 0 atom stereocenters. The topological polar surface area (TPSA) is 84.5 Å². The molecular weight excluding hydrogens is 388 g/mol. The molecule has 0 heterocycles. The summed E-state index contributed by atoms with van der Waals surface area (Å²) in [6.07, 6.45) is 3.86. The van der Waals surface area contributed by atoms with Gasteiger partial charge in [-0.1, -0.05) is 36.6 Å². The molecule has 0 saturated heterocycles. The van der Waals surface area contributed by atoms with Crippen LogP contribution in [-0.2, 0) is 14.8 Å². The molecule has 3 rings (SSSR count). The van der Waals surface area contributed by atoms with E-state index in [1.54, 1.807) is 24.3 Å². The minimum absolute atomic E-state index is 0.0134. The fraction of sp³-hybridized carbons (Fsp3) is 0.316. The van der Waals surface area contributed by atoms with Crippen molar-refractivity contribution in [3.8, 4) is 5.75 Å². The van der Waals surface area contributed by atoms with Crippen LogP contribution in [0.25, 0.3) is 0 Å². The Morgan fingerprint density at radius 1 is 1.07 bits per heavy atom. The first-order chi connectivity index (χ1) is 12.9. The highest BCUT2D eigenvalue weighted by Crippen LogP contribution is 2.22. The van der Waals surface area contributed by atoms with Crippen molar-refractivity contribution in [3.63, 3.8) is 0 Å². The van der Waals surface area contributed by atoms with E-state index in [1.165, 1.54) is 24.3 Å². The van der Waals surface area contributed by atoms with Crippen molar-refractivity contribution in [2.45, 2.75) is 36.6 Å². The lowest BCUT2D eigenvalue weighted by molar-refractivity contribution is -0.118. The molecule has 1 saturated carbocycles. The Labute approximate surface area is 163 Å². The smallest absolute Gasteiger partial charge is 0.262 e. The highest BCUT2D eigenvalue weighted by atomic mass is 35.5. The Kier molecular flexibility index (Phi) is 6.36. The predicted molar refractivity (Wildman–Crippen MR) is 105 cm³/mol.